The fourth-order valence-corrected chi connectivity index (χ4v) is 4.13. The molecule has 0 aliphatic carbocycles. The topological polar surface area (TPSA) is 78.6 Å². The van der Waals surface area contributed by atoms with Crippen LogP contribution in [0, 0.1) is 10.1 Å². The molecule has 148 valence electrons. The molecule has 0 unspecified atom stereocenters. The molecule has 1 aromatic carbocycles. The zero-order chi connectivity index (χ0) is 19.5. The Hall–Kier alpha value is -2.61. The van der Waals surface area contributed by atoms with E-state index in [4.69, 9.17) is 11.6 Å². The van der Waals surface area contributed by atoms with Gasteiger partial charge in [-0.25, -0.2) is 9.97 Å². The standard InChI is InChI=1S/C19H23ClN6O2/c20-15-5-4-6-16(13-15)23-9-11-25(12-10-23)19-17(26(27)28)18(21-14-22-19)24-7-2-1-3-8-24/h4-6,13-14H,1-3,7-12H2. The molecule has 4 rings (SSSR count). The van der Waals surface area contributed by atoms with Gasteiger partial charge in [-0.05, 0) is 37.5 Å². The molecule has 2 aromatic rings. The predicted molar refractivity (Wildman–Crippen MR) is 111 cm³/mol. The molecule has 0 bridgehead atoms. The molecule has 0 N–H and O–H groups in total. The van der Waals surface area contributed by atoms with E-state index in [0.29, 0.717) is 29.7 Å². The van der Waals surface area contributed by atoms with Crippen LogP contribution in [0.4, 0.5) is 23.0 Å². The molecule has 0 amide bonds. The molecule has 2 saturated heterocycles. The van der Waals surface area contributed by atoms with E-state index in [2.05, 4.69) is 14.9 Å². The smallest absolute Gasteiger partial charge is 0.353 e. The number of rotatable bonds is 4. The molecule has 1 aromatic heterocycles. The third-order valence-electron chi connectivity index (χ3n) is 5.37. The number of nitrogens with zero attached hydrogens (tertiary/aromatic N) is 6. The second-order valence-electron chi connectivity index (χ2n) is 7.13. The van der Waals surface area contributed by atoms with Crippen molar-refractivity contribution >= 4 is 34.6 Å². The van der Waals surface area contributed by atoms with Gasteiger partial charge < -0.3 is 14.7 Å². The lowest BCUT2D eigenvalue weighted by Crippen LogP contribution is -2.47. The van der Waals surface area contributed by atoms with Crippen molar-refractivity contribution < 1.29 is 4.92 Å². The van der Waals surface area contributed by atoms with Gasteiger partial charge in [0.15, 0.2) is 0 Å². The van der Waals surface area contributed by atoms with Crippen molar-refractivity contribution in [3.63, 3.8) is 0 Å². The molecule has 0 atom stereocenters. The van der Waals surface area contributed by atoms with Crippen LogP contribution in [0.5, 0.6) is 0 Å². The summed E-state index contributed by atoms with van der Waals surface area (Å²) >= 11 is 6.10. The number of hydrogen-bond acceptors (Lipinski definition) is 7. The zero-order valence-electron chi connectivity index (χ0n) is 15.6. The highest BCUT2D eigenvalue weighted by Crippen LogP contribution is 2.36. The van der Waals surface area contributed by atoms with Crippen LogP contribution in [0.25, 0.3) is 0 Å². The maximum atomic E-state index is 11.9. The summed E-state index contributed by atoms with van der Waals surface area (Å²) in [6.45, 7) is 4.42. The van der Waals surface area contributed by atoms with Crippen molar-refractivity contribution in [1.82, 2.24) is 9.97 Å². The van der Waals surface area contributed by atoms with Crippen LogP contribution in [-0.4, -0.2) is 54.2 Å². The van der Waals surface area contributed by atoms with Crippen molar-refractivity contribution in [2.75, 3.05) is 54.0 Å². The van der Waals surface area contributed by atoms with Gasteiger partial charge in [0.05, 0.1) is 4.92 Å². The van der Waals surface area contributed by atoms with Gasteiger partial charge in [0.1, 0.15) is 6.33 Å². The highest BCUT2D eigenvalue weighted by atomic mass is 35.5. The maximum Gasteiger partial charge on any atom is 0.353 e. The Bertz CT molecular complexity index is 850. The summed E-state index contributed by atoms with van der Waals surface area (Å²) in [5, 5.41) is 12.6. The Morgan fingerprint density at radius 1 is 0.893 bits per heavy atom. The summed E-state index contributed by atoms with van der Waals surface area (Å²) in [5.41, 5.74) is 1.10. The van der Waals surface area contributed by atoms with Gasteiger partial charge in [-0.3, -0.25) is 10.1 Å². The Morgan fingerprint density at radius 3 is 2.11 bits per heavy atom. The average Bonchev–Trinajstić information content (AvgIpc) is 2.74. The highest BCUT2D eigenvalue weighted by molar-refractivity contribution is 6.30. The first-order valence-corrected chi connectivity index (χ1v) is 10.0. The van der Waals surface area contributed by atoms with E-state index in [-0.39, 0.29) is 10.6 Å². The van der Waals surface area contributed by atoms with E-state index in [1.54, 1.807) is 0 Å². The largest absolute Gasteiger partial charge is 0.368 e. The van der Waals surface area contributed by atoms with Crippen LogP contribution in [-0.2, 0) is 0 Å². The lowest BCUT2D eigenvalue weighted by molar-refractivity contribution is -0.383. The van der Waals surface area contributed by atoms with Crippen LogP contribution in [0.15, 0.2) is 30.6 Å². The monoisotopic (exact) mass is 402 g/mol. The maximum absolute atomic E-state index is 11.9. The van der Waals surface area contributed by atoms with Gasteiger partial charge in [-0.15, -0.1) is 0 Å². The fraction of sp³-hybridized carbons (Fsp3) is 0.474. The Balaban J connectivity index is 1.55. The van der Waals surface area contributed by atoms with Gasteiger partial charge >= 0.3 is 5.69 Å². The first-order chi connectivity index (χ1) is 13.6. The second kappa shape index (κ2) is 8.18. The van der Waals surface area contributed by atoms with Crippen LogP contribution >= 0.6 is 11.6 Å². The minimum absolute atomic E-state index is 0.0283. The van der Waals surface area contributed by atoms with Gasteiger partial charge in [0.25, 0.3) is 0 Å². The number of hydrogen-bond donors (Lipinski definition) is 0. The van der Waals surface area contributed by atoms with Crippen LogP contribution in [0.3, 0.4) is 0 Å². The average molecular weight is 403 g/mol. The molecule has 2 aliphatic heterocycles. The van der Waals surface area contributed by atoms with E-state index in [9.17, 15) is 10.1 Å². The predicted octanol–water partition coefficient (Wildman–Crippen LogP) is 3.36. The summed E-state index contributed by atoms with van der Waals surface area (Å²) < 4.78 is 0. The first kappa shape index (κ1) is 18.7. The molecular weight excluding hydrogens is 380 g/mol. The number of piperazine rings is 1. The SMILES string of the molecule is O=[N+]([O-])c1c(N2CCCCC2)ncnc1N1CCN(c2cccc(Cl)c2)CC1. The van der Waals surface area contributed by atoms with E-state index in [1.807, 2.05) is 34.1 Å². The Morgan fingerprint density at radius 2 is 1.50 bits per heavy atom. The van der Waals surface area contributed by atoms with Gasteiger partial charge in [-0.2, -0.15) is 0 Å². The fourth-order valence-electron chi connectivity index (χ4n) is 3.94. The van der Waals surface area contributed by atoms with Crippen LogP contribution in [0.1, 0.15) is 19.3 Å². The van der Waals surface area contributed by atoms with Gasteiger partial charge in [-0.1, -0.05) is 17.7 Å². The number of aromatic nitrogens is 2. The molecule has 0 saturated carbocycles. The van der Waals surface area contributed by atoms with E-state index >= 15 is 0 Å². The molecule has 9 heteroatoms. The lowest BCUT2D eigenvalue weighted by atomic mass is 10.1. The lowest BCUT2D eigenvalue weighted by Gasteiger charge is -2.37. The number of benzene rings is 1. The number of nitro groups is 1. The van der Waals surface area contributed by atoms with Gasteiger partial charge in [0, 0.05) is 50.0 Å². The molecular formula is C19H23ClN6O2. The number of piperidine rings is 1. The molecule has 2 fully saturated rings. The molecule has 8 nitrogen and oxygen atoms in total. The van der Waals surface area contributed by atoms with Crippen molar-refractivity contribution in [2.45, 2.75) is 19.3 Å². The molecule has 3 heterocycles. The summed E-state index contributed by atoms with van der Waals surface area (Å²) in [4.78, 5) is 26.4. The Kier molecular flexibility index (Phi) is 5.47. The first-order valence-electron chi connectivity index (χ1n) is 9.63. The number of halogens is 1. The van der Waals surface area contributed by atoms with Crippen molar-refractivity contribution in [2.24, 2.45) is 0 Å². The molecule has 2 aliphatic rings. The summed E-state index contributed by atoms with van der Waals surface area (Å²) in [6.07, 6.45) is 4.69. The van der Waals surface area contributed by atoms with Gasteiger partial charge in [0.2, 0.25) is 11.6 Å². The summed E-state index contributed by atoms with van der Waals surface area (Å²) in [5.74, 6) is 0.873. The minimum atomic E-state index is -0.331. The minimum Gasteiger partial charge on any atom is -0.368 e. The van der Waals surface area contributed by atoms with E-state index in [0.717, 1.165) is 51.1 Å². The van der Waals surface area contributed by atoms with Crippen LogP contribution < -0.4 is 14.7 Å². The molecule has 28 heavy (non-hydrogen) atoms. The molecule has 0 spiro atoms. The van der Waals surface area contributed by atoms with Crippen molar-refractivity contribution in [3.8, 4) is 0 Å². The number of anilines is 3. The normalized spacial score (nSPS) is 17.7. The zero-order valence-corrected chi connectivity index (χ0v) is 16.4. The van der Waals surface area contributed by atoms with E-state index in [1.165, 1.54) is 6.33 Å². The third-order valence-corrected chi connectivity index (χ3v) is 5.61. The summed E-state index contributed by atoms with van der Waals surface area (Å²) in [7, 11) is 0. The van der Waals surface area contributed by atoms with Crippen molar-refractivity contribution in [1.29, 1.82) is 0 Å². The second-order valence-corrected chi connectivity index (χ2v) is 7.56. The third kappa shape index (κ3) is 3.82. The highest BCUT2D eigenvalue weighted by Gasteiger charge is 2.32. The van der Waals surface area contributed by atoms with Crippen LogP contribution in [0.2, 0.25) is 5.02 Å². The quantitative estimate of drug-likeness (QED) is 0.573. The van der Waals surface area contributed by atoms with E-state index < -0.39 is 0 Å². The molecule has 0 radical (unpaired) electrons. The van der Waals surface area contributed by atoms with Crippen molar-refractivity contribution in [3.05, 3.63) is 45.7 Å². The summed E-state index contributed by atoms with van der Waals surface area (Å²) in [6, 6.07) is 7.76. The Labute approximate surface area is 168 Å².